The van der Waals surface area contributed by atoms with Crippen LogP contribution >= 0.6 is 11.6 Å². The van der Waals surface area contributed by atoms with Crippen molar-refractivity contribution in [3.05, 3.63) is 58.4 Å². The van der Waals surface area contributed by atoms with Crippen molar-refractivity contribution < 1.29 is 4.39 Å². The normalized spacial score (nSPS) is 15.0. The number of anilines is 1. The summed E-state index contributed by atoms with van der Waals surface area (Å²) in [6, 6.07) is 10.9. The molecule has 1 heterocycles. The lowest BCUT2D eigenvalue weighted by atomic mass is 10.2. The molecule has 2 aromatic rings. The summed E-state index contributed by atoms with van der Waals surface area (Å²) in [5.41, 5.74) is 3.17. The third kappa shape index (κ3) is 3.14. The number of halogens is 2. The molecule has 2 nitrogen and oxygen atoms in total. The van der Waals surface area contributed by atoms with E-state index in [-0.39, 0.29) is 5.82 Å². The van der Waals surface area contributed by atoms with E-state index in [9.17, 15) is 4.39 Å². The van der Waals surface area contributed by atoms with Gasteiger partial charge in [0.15, 0.2) is 0 Å². The van der Waals surface area contributed by atoms with E-state index in [1.54, 1.807) is 6.21 Å². The zero-order chi connectivity index (χ0) is 15.5. The molecule has 0 N–H and O–H groups in total. The molecule has 1 saturated heterocycles. The maximum Gasteiger partial charge on any atom is 0.147 e. The molecule has 0 radical (unpaired) electrons. The number of rotatable bonds is 3. The van der Waals surface area contributed by atoms with Gasteiger partial charge in [0.05, 0.1) is 11.4 Å². The average molecular weight is 317 g/mol. The van der Waals surface area contributed by atoms with Gasteiger partial charge in [0, 0.05) is 24.3 Å². The Kier molecular flexibility index (Phi) is 4.44. The highest BCUT2D eigenvalue weighted by atomic mass is 35.5. The van der Waals surface area contributed by atoms with Crippen molar-refractivity contribution in [2.75, 3.05) is 18.0 Å². The summed E-state index contributed by atoms with van der Waals surface area (Å²) in [7, 11) is 0. The number of benzene rings is 2. The molecule has 22 heavy (non-hydrogen) atoms. The molecule has 0 aliphatic carbocycles. The second-order valence-electron chi connectivity index (χ2n) is 5.55. The van der Waals surface area contributed by atoms with Gasteiger partial charge >= 0.3 is 0 Å². The predicted octanol–water partition coefficient (Wildman–Crippen LogP) is 5.14. The molecule has 0 aromatic heterocycles. The molecule has 0 spiro atoms. The summed E-state index contributed by atoms with van der Waals surface area (Å²) < 4.78 is 14.2. The van der Waals surface area contributed by atoms with E-state index in [2.05, 4.69) is 9.89 Å². The van der Waals surface area contributed by atoms with E-state index in [0.717, 1.165) is 42.7 Å². The van der Waals surface area contributed by atoms with Crippen LogP contribution in [0.25, 0.3) is 0 Å². The number of hydrogen-bond donors (Lipinski definition) is 0. The van der Waals surface area contributed by atoms with Gasteiger partial charge in [0.2, 0.25) is 0 Å². The summed E-state index contributed by atoms with van der Waals surface area (Å²) in [4.78, 5) is 6.51. The highest BCUT2D eigenvalue weighted by Gasteiger charge is 2.15. The van der Waals surface area contributed by atoms with Crippen LogP contribution in [0.1, 0.15) is 24.0 Å². The summed E-state index contributed by atoms with van der Waals surface area (Å²) in [6.07, 6.45) is 3.95. The Bertz CT molecular complexity index is 706. The Balaban J connectivity index is 1.82. The van der Waals surface area contributed by atoms with Crippen molar-refractivity contribution in [1.29, 1.82) is 0 Å². The molecule has 114 valence electrons. The first-order valence-electron chi connectivity index (χ1n) is 7.49. The second kappa shape index (κ2) is 6.49. The van der Waals surface area contributed by atoms with Crippen molar-refractivity contribution in [2.45, 2.75) is 19.8 Å². The zero-order valence-corrected chi connectivity index (χ0v) is 13.3. The largest absolute Gasteiger partial charge is 0.369 e. The second-order valence-corrected chi connectivity index (χ2v) is 5.95. The minimum absolute atomic E-state index is 0.186. The van der Waals surface area contributed by atoms with Gasteiger partial charge in [-0.25, -0.2) is 4.39 Å². The Labute approximate surface area is 135 Å². The van der Waals surface area contributed by atoms with Gasteiger partial charge in [-0.2, -0.15) is 0 Å². The van der Waals surface area contributed by atoms with E-state index in [0.29, 0.717) is 10.7 Å². The highest BCUT2D eigenvalue weighted by Crippen LogP contribution is 2.26. The summed E-state index contributed by atoms with van der Waals surface area (Å²) in [5.74, 6) is -0.186. The summed E-state index contributed by atoms with van der Waals surface area (Å²) in [6.45, 7) is 3.80. The summed E-state index contributed by atoms with van der Waals surface area (Å²) in [5, 5.41) is 0.685. The molecule has 0 saturated carbocycles. The van der Waals surface area contributed by atoms with Gasteiger partial charge in [-0.15, -0.1) is 0 Å². The van der Waals surface area contributed by atoms with Crippen LogP contribution in [0.15, 0.2) is 41.4 Å². The standard InChI is InChI=1S/C18H18ClFN2/c1-13-15(19)5-4-6-17(13)21-12-14-7-8-18(16(20)11-14)22-9-2-3-10-22/h4-8,11-12H,2-3,9-10H2,1H3. The third-order valence-corrected chi connectivity index (χ3v) is 4.42. The van der Waals surface area contributed by atoms with E-state index in [1.165, 1.54) is 6.07 Å². The Morgan fingerprint density at radius 3 is 2.68 bits per heavy atom. The first-order valence-corrected chi connectivity index (χ1v) is 7.86. The van der Waals surface area contributed by atoms with Crippen LogP contribution in [0.2, 0.25) is 5.02 Å². The third-order valence-electron chi connectivity index (χ3n) is 4.01. The smallest absolute Gasteiger partial charge is 0.147 e. The zero-order valence-electron chi connectivity index (χ0n) is 12.5. The molecular formula is C18H18ClFN2. The van der Waals surface area contributed by atoms with Crippen LogP contribution in [-0.2, 0) is 0 Å². The molecule has 1 fully saturated rings. The maximum atomic E-state index is 14.2. The quantitative estimate of drug-likeness (QED) is 0.716. The number of hydrogen-bond acceptors (Lipinski definition) is 2. The first kappa shape index (κ1) is 15.0. The van der Waals surface area contributed by atoms with Crippen molar-refractivity contribution in [2.24, 2.45) is 4.99 Å². The van der Waals surface area contributed by atoms with Crippen molar-refractivity contribution >= 4 is 29.2 Å². The van der Waals surface area contributed by atoms with Gasteiger partial charge in [0.25, 0.3) is 0 Å². The minimum atomic E-state index is -0.186. The van der Waals surface area contributed by atoms with Crippen LogP contribution in [0, 0.1) is 12.7 Å². The Hall–Kier alpha value is -1.87. The molecule has 3 rings (SSSR count). The van der Waals surface area contributed by atoms with Crippen molar-refractivity contribution in [1.82, 2.24) is 0 Å². The number of nitrogens with zero attached hydrogens (tertiary/aromatic N) is 2. The number of aliphatic imine (C=N–C) groups is 1. The van der Waals surface area contributed by atoms with E-state index >= 15 is 0 Å². The summed E-state index contributed by atoms with van der Waals surface area (Å²) >= 11 is 6.07. The molecule has 0 bridgehead atoms. The molecule has 4 heteroatoms. The van der Waals surface area contributed by atoms with Crippen LogP contribution in [0.4, 0.5) is 15.8 Å². The molecule has 1 aliphatic heterocycles. The van der Waals surface area contributed by atoms with Crippen molar-refractivity contribution in [3.8, 4) is 0 Å². The maximum absolute atomic E-state index is 14.2. The van der Waals surface area contributed by atoms with Crippen LogP contribution in [-0.4, -0.2) is 19.3 Å². The van der Waals surface area contributed by atoms with Gasteiger partial charge in [-0.3, -0.25) is 4.99 Å². The van der Waals surface area contributed by atoms with Gasteiger partial charge in [-0.05, 0) is 55.2 Å². The van der Waals surface area contributed by atoms with Crippen LogP contribution < -0.4 is 4.90 Å². The van der Waals surface area contributed by atoms with Gasteiger partial charge < -0.3 is 4.90 Å². The Morgan fingerprint density at radius 2 is 1.95 bits per heavy atom. The van der Waals surface area contributed by atoms with Crippen LogP contribution in [0.3, 0.4) is 0 Å². The lowest BCUT2D eigenvalue weighted by Gasteiger charge is -2.18. The topological polar surface area (TPSA) is 15.6 Å². The first-order chi connectivity index (χ1) is 10.6. The lowest BCUT2D eigenvalue weighted by Crippen LogP contribution is -2.18. The molecular weight excluding hydrogens is 299 g/mol. The van der Waals surface area contributed by atoms with Crippen LogP contribution in [0.5, 0.6) is 0 Å². The lowest BCUT2D eigenvalue weighted by molar-refractivity contribution is 0.623. The fourth-order valence-corrected chi connectivity index (χ4v) is 2.87. The SMILES string of the molecule is Cc1c(Cl)cccc1N=Cc1ccc(N2CCCC2)c(F)c1. The monoisotopic (exact) mass is 316 g/mol. The predicted molar refractivity (Wildman–Crippen MR) is 91.3 cm³/mol. The molecule has 0 atom stereocenters. The molecule has 0 amide bonds. The van der Waals surface area contributed by atoms with Gasteiger partial charge in [0.1, 0.15) is 5.82 Å². The molecule has 2 aromatic carbocycles. The fraction of sp³-hybridized carbons (Fsp3) is 0.278. The van der Waals surface area contributed by atoms with Crippen molar-refractivity contribution in [3.63, 3.8) is 0 Å². The van der Waals surface area contributed by atoms with Gasteiger partial charge in [-0.1, -0.05) is 23.7 Å². The Morgan fingerprint density at radius 1 is 1.18 bits per heavy atom. The highest BCUT2D eigenvalue weighted by molar-refractivity contribution is 6.31. The van der Waals surface area contributed by atoms with E-state index in [4.69, 9.17) is 11.6 Å². The molecule has 1 aliphatic rings. The minimum Gasteiger partial charge on any atom is -0.369 e. The molecule has 0 unspecified atom stereocenters. The average Bonchev–Trinajstić information content (AvgIpc) is 3.03. The van der Waals surface area contributed by atoms with E-state index < -0.39 is 0 Å². The van der Waals surface area contributed by atoms with E-state index in [1.807, 2.05) is 37.3 Å². The fourth-order valence-electron chi connectivity index (χ4n) is 2.70.